The van der Waals surface area contributed by atoms with E-state index in [0.29, 0.717) is 32.7 Å². The molecule has 0 spiro atoms. The first-order valence-corrected chi connectivity index (χ1v) is 7.81. The van der Waals surface area contributed by atoms with Crippen molar-refractivity contribution >= 4 is 24.2 Å². The highest BCUT2D eigenvalue weighted by Gasteiger charge is 2.34. The number of piperazine rings is 1. The van der Waals surface area contributed by atoms with Crippen molar-refractivity contribution in [3.05, 3.63) is 0 Å². The zero-order valence-corrected chi connectivity index (χ0v) is 14.7. The molecule has 6 nitrogen and oxygen atoms in total. The molecule has 2 saturated heterocycles. The molecule has 7 heteroatoms. The molecule has 2 aliphatic rings. The molecule has 0 radical (unpaired) electrons. The number of amides is 2. The molecule has 1 atom stereocenters. The third-order valence-corrected chi connectivity index (χ3v) is 4.83. The van der Waals surface area contributed by atoms with Crippen molar-refractivity contribution in [2.24, 2.45) is 11.1 Å². The fourth-order valence-electron chi connectivity index (χ4n) is 3.18. The summed E-state index contributed by atoms with van der Waals surface area (Å²) in [6.07, 6.45) is 0.943. The van der Waals surface area contributed by atoms with E-state index in [1.807, 2.05) is 4.90 Å². The van der Waals surface area contributed by atoms with E-state index in [4.69, 9.17) is 5.73 Å². The van der Waals surface area contributed by atoms with Gasteiger partial charge in [0.15, 0.2) is 0 Å². The highest BCUT2D eigenvalue weighted by molar-refractivity contribution is 5.85. The minimum Gasteiger partial charge on any atom is -0.339 e. The molecule has 2 fully saturated rings. The molecule has 1 unspecified atom stereocenters. The van der Waals surface area contributed by atoms with Crippen LogP contribution in [0.1, 0.15) is 27.2 Å². The Kier molecular flexibility index (Phi) is 6.65. The zero-order chi connectivity index (χ0) is 15.6. The Labute approximate surface area is 139 Å². The van der Waals surface area contributed by atoms with Crippen molar-refractivity contribution in [2.45, 2.75) is 33.2 Å². The standard InChI is InChI=1S/C15H28N4O2.ClH/c1-12(20)18-6-8-19(9-7-18)14(21)10-17-5-4-13(16)15(2,3)11-17;/h13H,4-11,16H2,1-3H3;1H. The number of hydrogen-bond donors (Lipinski definition) is 1. The highest BCUT2D eigenvalue weighted by Crippen LogP contribution is 2.27. The summed E-state index contributed by atoms with van der Waals surface area (Å²) in [6.45, 7) is 10.7. The summed E-state index contributed by atoms with van der Waals surface area (Å²) in [5, 5.41) is 0. The lowest BCUT2D eigenvalue weighted by molar-refractivity contribution is -0.139. The number of piperidine rings is 1. The molecule has 0 bridgehead atoms. The van der Waals surface area contributed by atoms with Crippen molar-refractivity contribution in [1.29, 1.82) is 0 Å². The molecule has 0 aliphatic carbocycles. The first-order valence-electron chi connectivity index (χ1n) is 7.81. The molecular weight excluding hydrogens is 304 g/mol. The quantitative estimate of drug-likeness (QED) is 0.782. The van der Waals surface area contributed by atoms with Gasteiger partial charge in [0.25, 0.3) is 0 Å². The van der Waals surface area contributed by atoms with Gasteiger partial charge in [-0.25, -0.2) is 0 Å². The van der Waals surface area contributed by atoms with Crippen molar-refractivity contribution in [1.82, 2.24) is 14.7 Å². The maximum Gasteiger partial charge on any atom is 0.236 e. The fourth-order valence-corrected chi connectivity index (χ4v) is 3.18. The normalized spacial score (nSPS) is 25.5. The lowest BCUT2D eigenvalue weighted by atomic mass is 9.80. The number of hydrogen-bond acceptors (Lipinski definition) is 4. The van der Waals surface area contributed by atoms with E-state index in [2.05, 4.69) is 18.7 Å². The van der Waals surface area contributed by atoms with Crippen molar-refractivity contribution < 1.29 is 9.59 Å². The van der Waals surface area contributed by atoms with Gasteiger partial charge in [-0.05, 0) is 11.8 Å². The molecule has 2 amide bonds. The topological polar surface area (TPSA) is 69.9 Å². The van der Waals surface area contributed by atoms with E-state index < -0.39 is 0 Å². The average molecular weight is 333 g/mol. The second-order valence-corrected chi connectivity index (χ2v) is 6.98. The molecule has 2 aliphatic heterocycles. The van der Waals surface area contributed by atoms with Crippen LogP contribution >= 0.6 is 12.4 Å². The van der Waals surface area contributed by atoms with Gasteiger partial charge >= 0.3 is 0 Å². The van der Waals surface area contributed by atoms with Gasteiger partial charge in [-0.3, -0.25) is 14.5 Å². The summed E-state index contributed by atoms with van der Waals surface area (Å²) >= 11 is 0. The van der Waals surface area contributed by atoms with Crippen LogP contribution in [0.15, 0.2) is 0 Å². The molecule has 0 saturated carbocycles. The highest BCUT2D eigenvalue weighted by atomic mass is 35.5. The van der Waals surface area contributed by atoms with E-state index in [1.165, 1.54) is 0 Å². The molecule has 0 aromatic rings. The minimum absolute atomic E-state index is 0. The van der Waals surface area contributed by atoms with Crippen molar-refractivity contribution in [3.8, 4) is 0 Å². The Hall–Kier alpha value is -0.850. The predicted octanol–water partition coefficient (Wildman–Crippen LogP) is 0.158. The van der Waals surface area contributed by atoms with Crippen LogP contribution in [0, 0.1) is 5.41 Å². The summed E-state index contributed by atoms with van der Waals surface area (Å²) < 4.78 is 0. The van der Waals surface area contributed by atoms with Crippen LogP contribution in [0.4, 0.5) is 0 Å². The van der Waals surface area contributed by atoms with Crippen LogP contribution in [-0.4, -0.2) is 78.4 Å². The molecule has 0 aromatic carbocycles. The molecule has 0 aromatic heterocycles. The maximum absolute atomic E-state index is 12.4. The second kappa shape index (κ2) is 7.62. The average Bonchev–Trinajstić information content (AvgIpc) is 2.42. The van der Waals surface area contributed by atoms with Gasteiger partial charge in [0.05, 0.1) is 6.54 Å². The number of carbonyl (C=O) groups excluding carboxylic acids is 2. The third kappa shape index (κ3) is 4.57. The zero-order valence-electron chi connectivity index (χ0n) is 13.9. The molecule has 22 heavy (non-hydrogen) atoms. The van der Waals surface area contributed by atoms with E-state index in [9.17, 15) is 9.59 Å². The van der Waals surface area contributed by atoms with Crippen LogP contribution in [0.25, 0.3) is 0 Å². The van der Waals surface area contributed by atoms with Gasteiger partial charge < -0.3 is 15.5 Å². The number of halogens is 1. The number of likely N-dealkylation sites (tertiary alicyclic amines) is 1. The summed E-state index contributed by atoms with van der Waals surface area (Å²) in [7, 11) is 0. The minimum atomic E-state index is 0. The Morgan fingerprint density at radius 1 is 1.09 bits per heavy atom. The van der Waals surface area contributed by atoms with E-state index in [0.717, 1.165) is 19.5 Å². The van der Waals surface area contributed by atoms with Gasteiger partial charge in [0.1, 0.15) is 0 Å². The van der Waals surface area contributed by atoms with E-state index in [-0.39, 0.29) is 35.7 Å². The maximum atomic E-state index is 12.4. The Morgan fingerprint density at radius 2 is 1.64 bits per heavy atom. The van der Waals surface area contributed by atoms with Crippen LogP contribution in [0.5, 0.6) is 0 Å². The van der Waals surface area contributed by atoms with Gasteiger partial charge in [0, 0.05) is 52.2 Å². The number of nitrogens with zero attached hydrogens (tertiary/aromatic N) is 3. The SMILES string of the molecule is CC(=O)N1CCN(C(=O)CN2CCC(N)C(C)(C)C2)CC1.Cl. The lowest BCUT2D eigenvalue weighted by Crippen LogP contribution is -2.56. The predicted molar refractivity (Wildman–Crippen MR) is 88.9 cm³/mol. The summed E-state index contributed by atoms with van der Waals surface area (Å²) in [4.78, 5) is 29.6. The van der Waals surface area contributed by atoms with Gasteiger partial charge in [-0.1, -0.05) is 13.8 Å². The van der Waals surface area contributed by atoms with Crippen molar-refractivity contribution in [2.75, 3.05) is 45.8 Å². The summed E-state index contributed by atoms with van der Waals surface area (Å²) in [5.41, 5.74) is 6.19. The number of carbonyl (C=O) groups is 2. The monoisotopic (exact) mass is 332 g/mol. The van der Waals surface area contributed by atoms with E-state index in [1.54, 1.807) is 11.8 Å². The van der Waals surface area contributed by atoms with Gasteiger partial charge in [-0.2, -0.15) is 0 Å². The Bertz CT molecular complexity index is 408. The van der Waals surface area contributed by atoms with Crippen LogP contribution < -0.4 is 5.73 Å². The van der Waals surface area contributed by atoms with Gasteiger partial charge in [-0.15, -0.1) is 12.4 Å². The summed E-state index contributed by atoms with van der Waals surface area (Å²) in [5.74, 6) is 0.262. The Morgan fingerprint density at radius 3 is 2.14 bits per heavy atom. The second-order valence-electron chi connectivity index (χ2n) is 6.98. The number of nitrogens with two attached hydrogens (primary N) is 1. The van der Waals surface area contributed by atoms with Crippen LogP contribution in [0.3, 0.4) is 0 Å². The largest absolute Gasteiger partial charge is 0.339 e. The van der Waals surface area contributed by atoms with Gasteiger partial charge in [0.2, 0.25) is 11.8 Å². The van der Waals surface area contributed by atoms with Crippen LogP contribution in [0.2, 0.25) is 0 Å². The molecule has 128 valence electrons. The molecular formula is C15H29ClN4O2. The Balaban J connectivity index is 0.00000242. The van der Waals surface area contributed by atoms with E-state index >= 15 is 0 Å². The lowest BCUT2D eigenvalue weighted by Gasteiger charge is -2.43. The van der Waals surface area contributed by atoms with Crippen molar-refractivity contribution in [3.63, 3.8) is 0 Å². The fraction of sp³-hybridized carbons (Fsp3) is 0.867. The molecule has 2 rings (SSSR count). The summed E-state index contributed by atoms with van der Waals surface area (Å²) in [6, 6.07) is 0.211. The molecule has 2 heterocycles. The number of rotatable bonds is 2. The smallest absolute Gasteiger partial charge is 0.236 e. The first kappa shape index (κ1) is 19.2. The van der Waals surface area contributed by atoms with Crippen LogP contribution in [-0.2, 0) is 9.59 Å². The molecule has 2 N–H and O–H groups in total. The third-order valence-electron chi connectivity index (χ3n) is 4.83. The first-order chi connectivity index (χ1) is 9.79.